The number of nitrogens with one attached hydrogen (secondary N) is 1. The molecule has 1 amide bonds. The summed E-state index contributed by atoms with van der Waals surface area (Å²) in [5.74, 6) is -2.17. The summed E-state index contributed by atoms with van der Waals surface area (Å²) in [6.07, 6.45) is 5.12. The first-order valence-electron chi connectivity index (χ1n) is 15.2. The summed E-state index contributed by atoms with van der Waals surface area (Å²) in [6, 6.07) is 24.0. The van der Waals surface area contributed by atoms with Gasteiger partial charge in [-0.2, -0.15) is 11.8 Å². The highest BCUT2D eigenvalue weighted by atomic mass is 32.2. The number of carbonyl (C=O) groups is 2. The number of rotatable bonds is 15. The molecule has 0 fully saturated rings. The Morgan fingerprint density at radius 2 is 1.58 bits per heavy atom. The van der Waals surface area contributed by atoms with Gasteiger partial charge in [-0.05, 0) is 102 Å². The average Bonchev–Trinajstić information content (AvgIpc) is 3.01. The van der Waals surface area contributed by atoms with Crippen LogP contribution < -0.4 is 10.2 Å². The van der Waals surface area contributed by atoms with Crippen LogP contribution in [0.4, 0.5) is 14.5 Å². The number of aryl methyl sites for hydroxylation is 2. The molecule has 4 aromatic carbocycles. The molecule has 0 bridgehead atoms. The maximum atomic E-state index is 14.2. The number of carbonyl (C=O) groups excluding carboxylic acids is 1. The highest BCUT2D eigenvalue weighted by molar-refractivity contribution is 7.98. The molecule has 0 aliphatic rings. The van der Waals surface area contributed by atoms with Crippen LogP contribution in [0.2, 0.25) is 0 Å². The Kier molecular flexibility index (Phi) is 12.2. The van der Waals surface area contributed by atoms with Crippen molar-refractivity contribution in [2.45, 2.75) is 58.7 Å². The second-order valence-electron chi connectivity index (χ2n) is 11.2. The van der Waals surface area contributed by atoms with Gasteiger partial charge in [-0.3, -0.25) is 4.79 Å². The van der Waals surface area contributed by atoms with Crippen LogP contribution in [0.1, 0.15) is 58.8 Å². The van der Waals surface area contributed by atoms with E-state index in [1.165, 1.54) is 23.9 Å². The van der Waals surface area contributed by atoms with Gasteiger partial charge in [-0.15, -0.1) is 0 Å². The number of carboxylic acid groups (broad SMARTS) is 1. The molecular weight excluding hydrogens is 590 g/mol. The Morgan fingerprint density at radius 3 is 2.27 bits per heavy atom. The highest BCUT2D eigenvalue weighted by Crippen LogP contribution is 2.31. The molecule has 0 unspecified atom stereocenters. The first-order chi connectivity index (χ1) is 21.7. The van der Waals surface area contributed by atoms with E-state index in [9.17, 15) is 23.5 Å². The summed E-state index contributed by atoms with van der Waals surface area (Å²) in [6.45, 7) is 4.79. The molecule has 0 aromatic heterocycles. The summed E-state index contributed by atoms with van der Waals surface area (Å²) in [5.41, 5.74) is 6.44. The average molecular weight is 631 g/mol. The van der Waals surface area contributed by atoms with Gasteiger partial charge < -0.3 is 15.3 Å². The molecule has 0 radical (unpaired) electrons. The van der Waals surface area contributed by atoms with Crippen LogP contribution in [-0.2, 0) is 24.3 Å². The zero-order valence-corrected chi connectivity index (χ0v) is 26.8. The maximum absolute atomic E-state index is 14.2. The molecule has 0 spiro atoms. The second-order valence-corrected chi connectivity index (χ2v) is 12.2. The van der Waals surface area contributed by atoms with Crippen molar-refractivity contribution < 1.29 is 23.5 Å². The van der Waals surface area contributed by atoms with Crippen LogP contribution in [0, 0.1) is 18.6 Å². The number of carboxylic acids is 1. The summed E-state index contributed by atoms with van der Waals surface area (Å²) < 4.78 is 28.5. The Hall–Kier alpha value is -4.17. The largest absolute Gasteiger partial charge is 0.480 e. The molecule has 0 aliphatic heterocycles. The van der Waals surface area contributed by atoms with E-state index in [1.54, 1.807) is 6.07 Å². The number of halogens is 2. The lowest BCUT2D eigenvalue weighted by Gasteiger charge is -2.28. The van der Waals surface area contributed by atoms with Gasteiger partial charge in [0.2, 0.25) is 0 Å². The van der Waals surface area contributed by atoms with Gasteiger partial charge in [0.25, 0.3) is 5.91 Å². The lowest BCUT2D eigenvalue weighted by Crippen LogP contribution is -2.41. The van der Waals surface area contributed by atoms with E-state index in [4.69, 9.17) is 0 Å². The van der Waals surface area contributed by atoms with E-state index in [-0.39, 0.29) is 6.54 Å². The van der Waals surface area contributed by atoms with Gasteiger partial charge in [0.15, 0.2) is 0 Å². The summed E-state index contributed by atoms with van der Waals surface area (Å²) in [5, 5.41) is 12.5. The number of thioether (sulfide) groups is 1. The number of hydrogen-bond acceptors (Lipinski definition) is 4. The van der Waals surface area contributed by atoms with Crippen LogP contribution in [0.5, 0.6) is 0 Å². The van der Waals surface area contributed by atoms with E-state index < -0.39 is 29.6 Å². The number of benzene rings is 4. The lowest BCUT2D eigenvalue weighted by molar-refractivity contribution is -0.139. The number of unbranched alkanes of at least 4 members (excludes halogenated alkanes) is 1. The number of amides is 1. The number of aliphatic carboxylic acids is 1. The number of para-hydroxylation sites is 1. The molecule has 0 saturated heterocycles. The SMILES string of the molecule is CCCCc1ccccc1N(Cc1cc(F)cc(F)c1)Cc1ccc(C(=O)N[C@@H](CCSC)C(=O)O)c(-c2ccccc2C)c1. The quantitative estimate of drug-likeness (QED) is 0.138. The van der Waals surface area contributed by atoms with Crippen LogP contribution in [0.15, 0.2) is 84.9 Å². The van der Waals surface area contributed by atoms with E-state index in [1.807, 2.05) is 67.8 Å². The number of anilines is 1. The van der Waals surface area contributed by atoms with Gasteiger partial charge >= 0.3 is 5.97 Å². The topological polar surface area (TPSA) is 69.6 Å². The maximum Gasteiger partial charge on any atom is 0.326 e. The number of hydrogen-bond donors (Lipinski definition) is 2. The van der Waals surface area contributed by atoms with Gasteiger partial charge in [0.1, 0.15) is 17.7 Å². The van der Waals surface area contributed by atoms with Crippen molar-refractivity contribution in [1.82, 2.24) is 5.32 Å². The van der Waals surface area contributed by atoms with E-state index in [0.29, 0.717) is 35.4 Å². The van der Waals surface area contributed by atoms with Crippen molar-refractivity contribution in [3.8, 4) is 11.1 Å². The fourth-order valence-electron chi connectivity index (χ4n) is 5.48. The molecule has 0 heterocycles. The second kappa shape index (κ2) is 16.2. The first kappa shape index (κ1) is 33.7. The summed E-state index contributed by atoms with van der Waals surface area (Å²) in [4.78, 5) is 27.6. The van der Waals surface area contributed by atoms with Crippen molar-refractivity contribution in [3.05, 3.63) is 124 Å². The predicted octanol–water partition coefficient (Wildman–Crippen LogP) is 8.43. The molecular formula is C37H40F2N2O3S. The van der Waals surface area contributed by atoms with E-state index in [0.717, 1.165) is 53.3 Å². The summed E-state index contributed by atoms with van der Waals surface area (Å²) >= 11 is 1.52. The van der Waals surface area contributed by atoms with E-state index in [2.05, 4.69) is 23.2 Å². The number of nitrogens with zero attached hydrogens (tertiary/aromatic N) is 1. The molecule has 0 aliphatic carbocycles. The third-order valence-electron chi connectivity index (χ3n) is 7.78. The van der Waals surface area contributed by atoms with Crippen LogP contribution >= 0.6 is 11.8 Å². The molecule has 0 saturated carbocycles. The molecule has 45 heavy (non-hydrogen) atoms. The first-order valence-corrected chi connectivity index (χ1v) is 16.6. The third kappa shape index (κ3) is 9.17. The predicted molar refractivity (Wildman–Crippen MR) is 180 cm³/mol. The fraction of sp³-hybridized carbons (Fsp3) is 0.297. The third-order valence-corrected chi connectivity index (χ3v) is 8.42. The van der Waals surface area contributed by atoms with Crippen molar-refractivity contribution in [1.29, 1.82) is 0 Å². The minimum atomic E-state index is -1.07. The van der Waals surface area contributed by atoms with Gasteiger partial charge in [-0.1, -0.05) is 61.9 Å². The minimum Gasteiger partial charge on any atom is -0.480 e. The Bertz CT molecular complexity index is 1610. The Labute approximate surface area is 268 Å². The van der Waals surface area contributed by atoms with Crippen LogP contribution in [-0.4, -0.2) is 35.0 Å². The smallest absolute Gasteiger partial charge is 0.326 e. The van der Waals surface area contributed by atoms with Crippen LogP contribution in [0.25, 0.3) is 11.1 Å². The lowest BCUT2D eigenvalue weighted by atomic mass is 9.93. The van der Waals surface area contributed by atoms with Crippen molar-refractivity contribution in [3.63, 3.8) is 0 Å². The molecule has 8 heteroatoms. The van der Waals surface area contributed by atoms with Crippen molar-refractivity contribution >= 4 is 29.3 Å². The van der Waals surface area contributed by atoms with E-state index >= 15 is 0 Å². The molecule has 4 aromatic rings. The standard InChI is InChI=1S/C37H40F2N2O3S/c1-4-5-11-28-12-7-9-14-35(28)41(24-27-19-29(38)22-30(39)20-27)23-26-15-16-32(33(21-26)31-13-8-6-10-25(31)2)36(42)40-34(37(43)44)17-18-45-3/h6-10,12-16,19-22,34H,4-5,11,17-18,23-24H2,1-3H3,(H,40,42)(H,43,44)/t34-/m0/s1. The van der Waals surface area contributed by atoms with Gasteiger partial charge in [0.05, 0.1) is 0 Å². The van der Waals surface area contributed by atoms with Crippen LogP contribution in [0.3, 0.4) is 0 Å². The van der Waals surface area contributed by atoms with Crippen molar-refractivity contribution in [2.24, 2.45) is 0 Å². The Morgan fingerprint density at radius 1 is 0.889 bits per heavy atom. The molecule has 1 atom stereocenters. The summed E-state index contributed by atoms with van der Waals surface area (Å²) in [7, 11) is 0. The zero-order chi connectivity index (χ0) is 32.3. The fourth-order valence-corrected chi connectivity index (χ4v) is 5.95. The normalized spacial score (nSPS) is 11.7. The molecule has 2 N–H and O–H groups in total. The monoisotopic (exact) mass is 630 g/mol. The van der Waals surface area contributed by atoms with Gasteiger partial charge in [0, 0.05) is 30.4 Å². The minimum absolute atomic E-state index is 0.273. The van der Waals surface area contributed by atoms with Gasteiger partial charge in [-0.25, -0.2) is 13.6 Å². The molecule has 5 nitrogen and oxygen atoms in total. The molecule has 236 valence electrons. The molecule has 4 rings (SSSR count). The zero-order valence-electron chi connectivity index (χ0n) is 26.0. The Balaban J connectivity index is 1.77. The highest BCUT2D eigenvalue weighted by Gasteiger charge is 2.23. The van der Waals surface area contributed by atoms with Crippen molar-refractivity contribution in [2.75, 3.05) is 16.9 Å².